The lowest BCUT2D eigenvalue weighted by Gasteiger charge is -2.15. The first-order chi connectivity index (χ1) is 9.86. The van der Waals surface area contributed by atoms with Crippen molar-refractivity contribution in [3.63, 3.8) is 0 Å². The molecule has 4 nitrogen and oxygen atoms in total. The Hall–Kier alpha value is -1.59. The molecule has 0 radical (unpaired) electrons. The molecule has 0 bridgehead atoms. The minimum atomic E-state index is -0.616. The molecule has 0 aliphatic heterocycles. The monoisotopic (exact) mass is 324 g/mol. The van der Waals surface area contributed by atoms with Gasteiger partial charge in [-0.25, -0.2) is 4.98 Å². The summed E-state index contributed by atoms with van der Waals surface area (Å²) in [5.41, 5.74) is 1.82. The maximum atomic E-state index is 12.1. The number of hydrogen-bond donors (Lipinski definition) is 1. The Morgan fingerprint density at radius 1 is 1.38 bits per heavy atom. The third-order valence-electron chi connectivity index (χ3n) is 3.07. The summed E-state index contributed by atoms with van der Waals surface area (Å²) in [6.45, 7) is 7.48. The number of rotatable bonds is 4. The van der Waals surface area contributed by atoms with Crippen molar-refractivity contribution in [2.24, 2.45) is 0 Å². The molecule has 1 N–H and O–H groups in total. The largest absolute Gasteiger partial charge is 0.481 e. The van der Waals surface area contributed by atoms with E-state index >= 15 is 0 Å². The van der Waals surface area contributed by atoms with Crippen molar-refractivity contribution in [3.05, 3.63) is 39.4 Å². The first-order valence-electron chi connectivity index (χ1n) is 6.54. The van der Waals surface area contributed by atoms with Crippen LogP contribution in [0.3, 0.4) is 0 Å². The van der Waals surface area contributed by atoms with Gasteiger partial charge in [-0.05, 0) is 51.5 Å². The van der Waals surface area contributed by atoms with Crippen LogP contribution in [0.2, 0.25) is 5.02 Å². The van der Waals surface area contributed by atoms with E-state index in [4.69, 9.17) is 16.3 Å². The van der Waals surface area contributed by atoms with E-state index in [1.165, 1.54) is 11.3 Å². The van der Waals surface area contributed by atoms with Crippen LogP contribution < -0.4 is 10.1 Å². The Kier molecular flexibility index (Phi) is 4.85. The van der Waals surface area contributed by atoms with Gasteiger partial charge in [0.15, 0.2) is 11.2 Å². The highest BCUT2D eigenvalue weighted by molar-refractivity contribution is 7.15. The quantitative estimate of drug-likeness (QED) is 0.920. The SMILES string of the molecule is Cc1cc(Cl)ccc1OC(C)C(=O)Nc1nc(C)c(C)s1. The standard InChI is InChI=1S/C15H17ClN2O2S/c1-8-7-12(16)5-6-13(8)20-10(3)14(19)18-15-17-9(2)11(4)21-15/h5-7,10H,1-4H3,(H,17,18,19). The summed E-state index contributed by atoms with van der Waals surface area (Å²) < 4.78 is 5.68. The van der Waals surface area contributed by atoms with E-state index in [1.54, 1.807) is 25.1 Å². The number of benzene rings is 1. The molecular weight excluding hydrogens is 308 g/mol. The fourth-order valence-electron chi connectivity index (χ4n) is 1.72. The van der Waals surface area contributed by atoms with Crippen LogP contribution in [0.25, 0.3) is 0 Å². The molecule has 112 valence electrons. The van der Waals surface area contributed by atoms with Crippen molar-refractivity contribution < 1.29 is 9.53 Å². The fraction of sp³-hybridized carbons (Fsp3) is 0.333. The molecule has 6 heteroatoms. The summed E-state index contributed by atoms with van der Waals surface area (Å²) >= 11 is 7.35. The number of aryl methyl sites for hydroxylation is 3. The van der Waals surface area contributed by atoms with Crippen LogP contribution in [0.1, 0.15) is 23.1 Å². The number of nitrogens with zero attached hydrogens (tertiary/aromatic N) is 1. The number of aromatic nitrogens is 1. The molecule has 0 spiro atoms. The smallest absolute Gasteiger partial charge is 0.266 e. The summed E-state index contributed by atoms with van der Waals surface area (Å²) in [6.07, 6.45) is -0.616. The minimum absolute atomic E-state index is 0.224. The van der Waals surface area contributed by atoms with Gasteiger partial charge in [-0.1, -0.05) is 11.6 Å². The lowest BCUT2D eigenvalue weighted by atomic mass is 10.2. The van der Waals surface area contributed by atoms with E-state index in [0.717, 1.165) is 16.1 Å². The first kappa shape index (κ1) is 15.8. The highest BCUT2D eigenvalue weighted by Gasteiger charge is 2.17. The maximum Gasteiger partial charge on any atom is 0.266 e. The second-order valence-electron chi connectivity index (χ2n) is 4.82. The average Bonchev–Trinajstić information content (AvgIpc) is 2.71. The summed E-state index contributed by atoms with van der Waals surface area (Å²) in [5.74, 6) is 0.423. The van der Waals surface area contributed by atoms with Crippen LogP contribution in [-0.4, -0.2) is 17.0 Å². The molecule has 2 rings (SSSR count). The Labute approximate surface area is 133 Å². The zero-order valence-corrected chi connectivity index (χ0v) is 13.9. The van der Waals surface area contributed by atoms with E-state index in [0.29, 0.717) is 15.9 Å². The number of ether oxygens (including phenoxy) is 1. The predicted octanol–water partition coefficient (Wildman–Crippen LogP) is 4.13. The molecule has 1 heterocycles. The molecule has 0 saturated carbocycles. The van der Waals surface area contributed by atoms with E-state index < -0.39 is 6.10 Å². The van der Waals surface area contributed by atoms with E-state index in [9.17, 15) is 4.79 Å². The number of carbonyl (C=O) groups is 1. The molecule has 1 aromatic carbocycles. The van der Waals surface area contributed by atoms with Gasteiger partial charge in [-0.3, -0.25) is 10.1 Å². The van der Waals surface area contributed by atoms with Crippen molar-refractivity contribution in [1.29, 1.82) is 0 Å². The zero-order valence-electron chi connectivity index (χ0n) is 12.4. The highest BCUT2D eigenvalue weighted by atomic mass is 35.5. The summed E-state index contributed by atoms with van der Waals surface area (Å²) in [6, 6.07) is 5.30. The Bertz CT molecular complexity index is 650. The summed E-state index contributed by atoms with van der Waals surface area (Å²) in [4.78, 5) is 17.5. The molecule has 1 aromatic heterocycles. The van der Waals surface area contributed by atoms with Gasteiger partial charge in [0.25, 0.3) is 5.91 Å². The van der Waals surface area contributed by atoms with Gasteiger partial charge < -0.3 is 4.74 Å². The summed E-state index contributed by atoms with van der Waals surface area (Å²) in [7, 11) is 0. The van der Waals surface area contributed by atoms with Crippen LogP contribution in [0, 0.1) is 20.8 Å². The molecule has 2 aromatic rings. The van der Waals surface area contributed by atoms with E-state index in [-0.39, 0.29) is 5.91 Å². The normalized spacial score (nSPS) is 12.0. The van der Waals surface area contributed by atoms with E-state index in [2.05, 4.69) is 10.3 Å². The van der Waals surface area contributed by atoms with Crippen LogP contribution in [0.5, 0.6) is 5.75 Å². The molecule has 1 amide bonds. The maximum absolute atomic E-state index is 12.1. The molecule has 0 aliphatic rings. The van der Waals surface area contributed by atoms with Gasteiger partial charge in [0, 0.05) is 9.90 Å². The zero-order chi connectivity index (χ0) is 15.6. The van der Waals surface area contributed by atoms with Gasteiger partial charge in [-0.2, -0.15) is 0 Å². The number of nitrogens with one attached hydrogen (secondary N) is 1. The van der Waals surface area contributed by atoms with Crippen LogP contribution in [0.4, 0.5) is 5.13 Å². The Morgan fingerprint density at radius 3 is 2.67 bits per heavy atom. The van der Waals surface area contributed by atoms with Crippen molar-refractivity contribution in [2.45, 2.75) is 33.8 Å². The molecule has 1 unspecified atom stereocenters. The topological polar surface area (TPSA) is 51.2 Å². The van der Waals surface area contributed by atoms with Gasteiger partial charge in [0.05, 0.1) is 5.69 Å². The number of thiazole rings is 1. The van der Waals surface area contributed by atoms with Gasteiger partial charge in [-0.15, -0.1) is 11.3 Å². The van der Waals surface area contributed by atoms with Crippen molar-refractivity contribution in [3.8, 4) is 5.75 Å². The highest BCUT2D eigenvalue weighted by Crippen LogP contribution is 2.24. The predicted molar refractivity (Wildman–Crippen MR) is 86.5 cm³/mol. The number of amides is 1. The second kappa shape index (κ2) is 6.45. The second-order valence-corrected chi connectivity index (χ2v) is 6.46. The molecule has 1 atom stereocenters. The fourth-order valence-corrected chi connectivity index (χ4v) is 2.77. The minimum Gasteiger partial charge on any atom is -0.481 e. The van der Waals surface area contributed by atoms with Gasteiger partial charge in [0.1, 0.15) is 5.75 Å². The van der Waals surface area contributed by atoms with Gasteiger partial charge >= 0.3 is 0 Å². The van der Waals surface area contributed by atoms with Crippen LogP contribution in [0.15, 0.2) is 18.2 Å². The lowest BCUT2D eigenvalue weighted by Crippen LogP contribution is -2.30. The molecule has 0 saturated heterocycles. The average molecular weight is 325 g/mol. The molecular formula is C15H17ClN2O2S. The number of carbonyl (C=O) groups excluding carboxylic acids is 1. The van der Waals surface area contributed by atoms with Crippen molar-refractivity contribution in [2.75, 3.05) is 5.32 Å². The number of hydrogen-bond acceptors (Lipinski definition) is 4. The molecule has 0 fully saturated rings. The van der Waals surface area contributed by atoms with Crippen molar-refractivity contribution >= 4 is 34.0 Å². The first-order valence-corrected chi connectivity index (χ1v) is 7.74. The summed E-state index contributed by atoms with van der Waals surface area (Å²) in [5, 5.41) is 4.01. The number of halogens is 1. The van der Waals surface area contributed by atoms with Crippen LogP contribution >= 0.6 is 22.9 Å². The van der Waals surface area contributed by atoms with Gasteiger partial charge in [0.2, 0.25) is 0 Å². The Balaban J connectivity index is 2.02. The van der Waals surface area contributed by atoms with Crippen LogP contribution in [-0.2, 0) is 4.79 Å². The third-order valence-corrected chi connectivity index (χ3v) is 4.29. The Morgan fingerprint density at radius 2 is 2.10 bits per heavy atom. The van der Waals surface area contributed by atoms with Crippen molar-refractivity contribution in [1.82, 2.24) is 4.98 Å². The lowest BCUT2D eigenvalue weighted by molar-refractivity contribution is -0.122. The third kappa shape index (κ3) is 3.95. The molecule has 21 heavy (non-hydrogen) atoms. The molecule has 0 aliphatic carbocycles. The number of anilines is 1. The van der Waals surface area contributed by atoms with E-state index in [1.807, 2.05) is 20.8 Å².